The van der Waals surface area contributed by atoms with Crippen LogP contribution in [0.3, 0.4) is 0 Å². The van der Waals surface area contributed by atoms with Crippen LogP contribution in [-0.2, 0) is 0 Å². The smallest absolute Gasteiger partial charge is 0.136 e. The summed E-state index contributed by atoms with van der Waals surface area (Å²) < 4.78 is 2.05. The summed E-state index contributed by atoms with van der Waals surface area (Å²) in [6.07, 6.45) is 0. The minimum absolute atomic E-state index is 0.618. The van der Waals surface area contributed by atoms with Crippen molar-refractivity contribution in [2.24, 2.45) is 0 Å². The van der Waals surface area contributed by atoms with Crippen LogP contribution in [0.4, 0.5) is 0 Å². The van der Waals surface area contributed by atoms with Gasteiger partial charge in [0.2, 0.25) is 0 Å². The molecular weight excluding hydrogens is 90.1 g/mol. The summed E-state index contributed by atoms with van der Waals surface area (Å²) in [6.45, 7) is 7.51. The van der Waals surface area contributed by atoms with Gasteiger partial charge in [0.1, 0.15) is 8.96 Å². The van der Waals surface area contributed by atoms with E-state index in [2.05, 4.69) is 0 Å². The van der Waals surface area contributed by atoms with Crippen molar-refractivity contribution in [1.82, 2.24) is 4.57 Å². The summed E-state index contributed by atoms with van der Waals surface area (Å²) in [5.41, 5.74) is 0. The maximum Gasteiger partial charge on any atom is 0.136 e. The lowest BCUT2D eigenvalue weighted by atomic mass is 11.3. The van der Waals surface area contributed by atoms with Crippen molar-refractivity contribution in [3.05, 3.63) is 6.55 Å². The van der Waals surface area contributed by atoms with Gasteiger partial charge in [-0.05, 0) is 20.6 Å². The molecule has 0 heterocycles. The Bertz CT molecular complexity index is 28.5. The molecule has 0 aromatic heterocycles. The molecule has 0 saturated heterocycles. The van der Waals surface area contributed by atoms with Crippen LogP contribution < -0.4 is 0 Å². The van der Waals surface area contributed by atoms with Gasteiger partial charge in [0.05, 0.1) is 0 Å². The molecule has 0 aromatic carbocycles. The van der Waals surface area contributed by atoms with E-state index in [9.17, 15) is 0 Å². The fraction of sp³-hybridized carbons (Fsp3) is 0.750. The number of hydrogen-bond acceptors (Lipinski definition) is 1. The Morgan fingerprint density at radius 3 is 1.67 bits per heavy atom. The molecule has 1 nitrogen and oxygen atoms in total. The van der Waals surface area contributed by atoms with E-state index < -0.39 is 8.96 Å². The summed E-state index contributed by atoms with van der Waals surface area (Å²) in [7, 11) is 3.37. The highest BCUT2D eigenvalue weighted by Gasteiger charge is 1.94. The minimum atomic E-state index is -0.618. The Morgan fingerprint density at radius 2 is 1.67 bits per heavy atom. The van der Waals surface area contributed by atoms with Gasteiger partial charge in [-0.25, -0.2) is 0 Å². The van der Waals surface area contributed by atoms with E-state index >= 15 is 0 Å². The number of rotatable bonds is 1. The summed E-state index contributed by atoms with van der Waals surface area (Å²) in [5, 5.41) is 0. The van der Waals surface area contributed by atoms with Crippen molar-refractivity contribution in [2.45, 2.75) is 6.55 Å². The quantitative estimate of drug-likeness (QED) is 0.432. The average Bonchev–Trinajstić information content (AvgIpc) is 1.36. The fourth-order valence-electron chi connectivity index (χ4n) is 0. The molecule has 0 aromatic rings. The zero-order valence-corrected chi connectivity index (χ0v) is 5.52. The predicted molar refractivity (Wildman–Crippen MR) is 29.6 cm³/mol. The van der Waals surface area contributed by atoms with Crippen molar-refractivity contribution in [3.63, 3.8) is 0 Å². The Morgan fingerprint density at radius 1 is 1.50 bits per heavy atom. The molecular formula is C4H10NSi. The summed E-state index contributed by atoms with van der Waals surface area (Å²) in [6, 6.07) is 0. The van der Waals surface area contributed by atoms with E-state index in [-0.39, 0.29) is 0 Å². The maximum atomic E-state index is 5.46. The lowest BCUT2D eigenvalue weighted by Gasteiger charge is -2.09. The summed E-state index contributed by atoms with van der Waals surface area (Å²) >= 11 is 0. The molecule has 0 aliphatic carbocycles. The Kier molecular flexibility index (Phi) is 2.44. The van der Waals surface area contributed by atoms with E-state index in [4.69, 9.17) is 6.55 Å². The average molecular weight is 100 g/mol. The van der Waals surface area contributed by atoms with E-state index in [1.54, 1.807) is 0 Å². The van der Waals surface area contributed by atoms with Crippen molar-refractivity contribution in [3.8, 4) is 0 Å². The predicted octanol–water partition coefficient (Wildman–Crippen LogP) is 0.420. The van der Waals surface area contributed by atoms with Gasteiger partial charge in [0.15, 0.2) is 0 Å². The molecule has 0 unspecified atom stereocenters. The number of nitrogens with zero attached hydrogens (tertiary/aromatic N) is 1. The molecule has 0 atom stereocenters. The Balaban J connectivity index is 2.99. The normalized spacial score (nSPS) is 11.0. The zero-order chi connectivity index (χ0) is 5.15. The largest absolute Gasteiger partial charge is 0.330 e. The second-order valence-electron chi connectivity index (χ2n) is 1.54. The van der Waals surface area contributed by atoms with Gasteiger partial charge in [-0.2, -0.15) is 0 Å². The van der Waals surface area contributed by atoms with Gasteiger partial charge < -0.3 is 4.57 Å². The molecule has 3 radical (unpaired) electrons. The van der Waals surface area contributed by atoms with Crippen LogP contribution in [0.15, 0.2) is 0 Å². The third kappa shape index (κ3) is 2.42. The number of hydrogen-bond donors (Lipinski definition) is 0. The standard InChI is InChI=1S/C4H10NSi/c1-5(2)6(3)4/h3H,1-2,4H3. The van der Waals surface area contributed by atoms with E-state index in [1.165, 1.54) is 0 Å². The van der Waals surface area contributed by atoms with Gasteiger partial charge >= 0.3 is 0 Å². The van der Waals surface area contributed by atoms with Gasteiger partial charge in [-0.3, -0.25) is 0 Å². The monoisotopic (exact) mass is 100 g/mol. The maximum absolute atomic E-state index is 5.46. The van der Waals surface area contributed by atoms with Crippen LogP contribution in [0.5, 0.6) is 0 Å². The van der Waals surface area contributed by atoms with Gasteiger partial charge in [-0.1, -0.05) is 6.55 Å². The second kappa shape index (κ2) is 2.37. The van der Waals surface area contributed by atoms with Crippen LogP contribution in [-0.4, -0.2) is 27.6 Å². The molecule has 35 valence electrons. The molecule has 6 heavy (non-hydrogen) atoms. The highest BCUT2D eigenvalue weighted by atomic mass is 28.3. The van der Waals surface area contributed by atoms with Gasteiger partial charge in [0, 0.05) is 0 Å². The molecule has 0 aliphatic rings. The fourth-order valence-corrected chi connectivity index (χ4v) is 0. The second-order valence-corrected chi connectivity index (χ2v) is 3.71. The molecule has 0 spiro atoms. The molecule has 0 aliphatic heterocycles. The summed E-state index contributed by atoms with van der Waals surface area (Å²) in [5.74, 6) is 0. The lowest BCUT2D eigenvalue weighted by Crippen LogP contribution is -2.25. The summed E-state index contributed by atoms with van der Waals surface area (Å²) in [4.78, 5) is 0. The van der Waals surface area contributed by atoms with Crippen LogP contribution in [0.25, 0.3) is 0 Å². The Labute approximate surface area is 41.7 Å². The van der Waals surface area contributed by atoms with Gasteiger partial charge in [0.25, 0.3) is 0 Å². The molecule has 0 fully saturated rings. The molecule has 0 saturated carbocycles. The molecule has 0 rings (SSSR count). The SMILES string of the molecule is [CH][Si](C)N(C)C. The molecule has 0 amide bonds. The van der Waals surface area contributed by atoms with Crippen LogP contribution in [0, 0.1) is 6.55 Å². The first-order valence-electron chi connectivity index (χ1n) is 1.91. The Hall–Kier alpha value is 0.177. The van der Waals surface area contributed by atoms with E-state index in [1.807, 2.05) is 25.2 Å². The van der Waals surface area contributed by atoms with E-state index in [0.717, 1.165) is 0 Å². The highest BCUT2D eigenvalue weighted by Crippen LogP contribution is 1.78. The first-order valence-corrected chi connectivity index (χ1v) is 3.93. The topological polar surface area (TPSA) is 3.24 Å². The molecule has 0 bridgehead atoms. The third-order valence-electron chi connectivity index (χ3n) is 0.705. The van der Waals surface area contributed by atoms with Gasteiger partial charge in [-0.15, -0.1) is 0 Å². The zero-order valence-electron chi connectivity index (χ0n) is 4.52. The van der Waals surface area contributed by atoms with Crippen molar-refractivity contribution in [1.29, 1.82) is 0 Å². The van der Waals surface area contributed by atoms with Crippen LogP contribution in [0.2, 0.25) is 6.55 Å². The van der Waals surface area contributed by atoms with Crippen LogP contribution in [0.1, 0.15) is 0 Å². The third-order valence-corrected chi connectivity index (χ3v) is 2.12. The molecule has 2 heteroatoms. The van der Waals surface area contributed by atoms with Crippen LogP contribution >= 0.6 is 0 Å². The lowest BCUT2D eigenvalue weighted by molar-refractivity contribution is 0.652. The molecule has 0 N–H and O–H groups in total. The van der Waals surface area contributed by atoms with Crippen molar-refractivity contribution < 1.29 is 0 Å². The van der Waals surface area contributed by atoms with Crippen molar-refractivity contribution >= 4 is 8.96 Å². The highest BCUT2D eigenvalue weighted by molar-refractivity contribution is 6.55. The van der Waals surface area contributed by atoms with E-state index in [0.29, 0.717) is 0 Å². The van der Waals surface area contributed by atoms with Crippen molar-refractivity contribution in [2.75, 3.05) is 14.1 Å². The minimum Gasteiger partial charge on any atom is -0.330 e. The first-order chi connectivity index (χ1) is 2.64. The first kappa shape index (κ1) is 6.18.